The summed E-state index contributed by atoms with van der Waals surface area (Å²) >= 11 is 0. The third-order valence-electron chi connectivity index (χ3n) is 3.18. The Morgan fingerprint density at radius 3 is 2.82 bits per heavy atom. The fraction of sp³-hybridized carbons (Fsp3) is 0.308. The lowest BCUT2D eigenvalue weighted by Gasteiger charge is -2.04. The maximum atomic E-state index is 11.2. The summed E-state index contributed by atoms with van der Waals surface area (Å²) in [5, 5.41) is 4.00. The van der Waals surface area contributed by atoms with Crippen LogP contribution < -0.4 is 11.1 Å². The highest BCUT2D eigenvalue weighted by atomic mass is 16.1. The number of carbonyl (C=O) groups is 1. The SMILES string of the molecule is Cc1c(CNC(=O)CN)c2ccccc2n1C. The van der Waals surface area contributed by atoms with Crippen LogP contribution >= 0.6 is 0 Å². The first kappa shape index (κ1) is 11.7. The van der Waals surface area contributed by atoms with E-state index in [1.54, 1.807) is 0 Å². The predicted octanol–water partition coefficient (Wildman–Crippen LogP) is 1.06. The quantitative estimate of drug-likeness (QED) is 0.830. The average molecular weight is 231 g/mol. The van der Waals surface area contributed by atoms with Crippen LogP contribution in [0.1, 0.15) is 11.3 Å². The molecule has 0 atom stereocenters. The highest BCUT2D eigenvalue weighted by Gasteiger charge is 2.11. The molecule has 0 aliphatic rings. The number of amides is 1. The van der Waals surface area contributed by atoms with Gasteiger partial charge in [-0.2, -0.15) is 0 Å². The molecule has 90 valence electrons. The van der Waals surface area contributed by atoms with Crippen LogP contribution in [0.5, 0.6) is 0 Å². The minimum atomic E-state index is -0.127. The van der Waals surface area contributed by atoms with Gasteiger partial charge in [-0.3, -0.25) is 4.79 Å². The third-order valence-corrected chi connectivity index (χ3v) is 3.18. The van der Waals surface area contributed by atoms with E-state index in [-0.39, 0.29) is 12.5 Å². The molecule has 0 saturated carbocycles. The van der Waals surface area contributed by atoms with E-state index in [0.29, 0.717) is 6.54 Å². The summed E-state index contributed by atoms with van der Waals surface area (Å²) in [7, 11) is 2.03. The van der Waals surface area contributed by atoms with E-state index in [2.05, 4.69) is 28.9 Å². The largest absolute Gasteiger partial charge is 0.351 e. The van der Waals surface area contributed by atoms with Crippen molar-refractivity contribution in [3.63, 3.8) is 0 Å². The van der Waals surface area contributed by atoms with E-state index < -0.39 is 0 Å². The summed E-state index contributed by atoms with van der Waals surface area (Å²) in [6, 6.07) is 8.18. The highest BCUT2D eigenvalue weighted by Crippen LogP contribution is 2.24. The maximum Gasteiger partial charge on any atom is 0.234 e. The molecule has 0 spiro atoms. The molecule has 4 heteroatoms. The van der Waals surface area contributed by atoms with Crippen molar-refractivity contribution in [1.82, 2.24) is 9.88 Å². The number of benzene rings is 1. The molecule has 17 heavy (non-hydrogen) atoms. The molecule has 0 saturated heterocycles. The first-order chi connectivity index (χ1) is 8.15. The van der Waals surface area contributed by atoms with Gasteiger partial charge in [0.2, 0.25) is 5.91 Å². The van der Waals surface area contributed by atoms with E-state index >= 15 is 0 Å². The molecule has 0 radical (unpaired) electrons. The number of hydrogen-bond acceptors (Lipinski definition) is 2. The van der Waals surface area contributed by atoms with Crippen molar-refractivity contribution in [3.05, 3.63) is 35.5 Å². The van der Waals surface area contributed by atoms with Gasteiger partial charge >= 0.3 is 0 Å². The summed E-state index contributed by atoms with van der Waals surface area (Å²) in [6.45, 7) is 2.62. The van der Waals surface area contributed by atoms with E-state index in [1.165, 1.54) is 16.6 Å². The summed E-state index contributed by atoms with van der Waals surface area (Å²) in [5.41, 5.74) is 8.78. The number of nitrogens with zero attached hydrogens (tertiary/aromatic N) is 1. The summed E-state index contributed by atoms with van der Waals surface area (Å²) < 4.78 is 2.14. The van der Waals surface area contributed by atoms with Gasteiger partial charge in [-0.15, -0.1) is 0 Å². The van der Waals surface area contributed by atoms with Crippen LogP contribution in [0, 0.1) is 6.92 Å². The number of rotatable bonds is 3. The number of aryl methyl sites for hydroxylation is 1. The number of aromatic nitrogens is 1. The molecule has 2 aromatic rings. The minimum Gasteiger partial charge on any atom is -0.351 e. The van der Waals surface area contributed by atoms with Gasteiger partial charge in [-0.05, 0) is 18.6 Å². The van der Waals surface area contributed by atoms with Gasteiger partial charge in [0.25, 0.3) is 0 Å². The van der Waals surface area contributed by atoms with Crippen LogP contribution in [0.15, 0.2) is 24.3 Å². The van der Waals surface area contributed by atoms with Crippen LogP contribution in [0.25, 0.3) is 10.9 Å². The maximum absolute atomic E-state index is 11.2. The Kier molecular flexibility index (Phi) is 3.15. The van der Waals surface area contributed by atoms with Gasteiger partial charge in [0.1, 0.15) is 0 Å². The van der Waals surface area contributed by atoms with Gasteiger partial charge < -0.3 is 15.6 Å². The van der Waals surface area contributed by atoms with Gasteiger partial charge in [0.15, 0.2) is 0 Å². The number of hydrogen-bond donors (Lipinski definition) is 2. The lowest BCUT2D eigenvalue weighted by atomic mass is 10.1. The number of fused-ring (bicyclic) bond motifs is 1. The lowest BCUT2D eigenvalue weighted by molar-refractivity contribution is -0.119. The third kappa shape index (κ3) is 2.03. The molecule has 1 aromatic carbocycles. The fourth-order valence-corrected chi connectivity index (χ4v) is 2.08. The Hall–Kier alpha value is -1.81. The van der Waals surface area contributed by atoms with Crippen LogP contribution in [-0.4, -0.2) is 17.0 Å². The summed E-state index contributed by atoms with van der Waals surface area (Å²) in [6.07, 6.45) is 0. The molecule has 0 aliphatic carbocycles. The lowest BCUT2D eigenvalue weighted by Crippen LogP contribution is -2.29. The van der Waals surface area contributed by atoms with Gasteiger partial charge in [0, 0.05) is 30.2 Å². The number of nitrogens with two attached hydrogens (primary N) is 1. The van der Waals surface area contributed by atoms with Crippen molar-refractivity contribution >= 4 is 16.8 Å². The number of para-hydroxylation sites is 1. The molecule has 0 aliphatic heterocycles. The molecule has 3 N–H and O–H groups in total. The normalized spacial score (nSPS) is 10.8. The Bertz CT molecular complexity index is 557. The molecule has 1 heterocycles. The Labute approximate surface area is 100 Å². The van der Waals surface area contributed by atoms with Crippen LogP contribution in [0.4, 0.5) is 0 Å². The molecule has 0 unspecified atom stereocenters. The van der Waals surface area contributed by atoms with E-state index in [9.17, 15) is 4.79 Å². The smallest absolute Gasteiger partial charge is 0.234 e. The van der Waals surface area contributed by atoms with Crippen LogP contribution in [0.3, 0.4) is 0 Å². The van der Waals surface area contributed by atoms with Gasteiger partial charge in [-0.25, -0.2) is 0 Å². The van der Waals surface area contributed by atoms with E-state index in [0.717, 1.165) is 5.56 Å². The summed E-state index contributed by atoms with van der Waals surface area (Å²) in [4.78, 5) is 11.2. The zero-order chi connectivity index (χ0) is 12.4. The Morgan fingerprint density at radius 1 is 1.41 bits per heavy atom. The molecule has 1 aromatic heterocycles. The standard InChI is InChI=1S/C13H17N3O/c1-9-11(8-15-13(17)7-14)10-5-3-4-6-12(10)16(9)2/h3-6H,7-8,14H2,1-2H3,(H,15,17). The first-order valence-electron chi connectivity index (χ1n) is 5.64. The number of nitrogens with one attached hydrogen (secondary N) is 1. The zero-order valence-electron chi connectivity index (χ0n) is 10.2. The monoisotopic (exact) mass is 231 g/mol. The molecule has 0 fully saturated rings. The zero-order valence-corrected chi connectivity index (χ0v) is 10.2. The van der Waals surface area contributed by atoms with Crippen LogP contribution in [-0.2, 0) is 18.4 Å². The molecular weight excluding hydrogens is 214 g/mol. The van der Waals surface area contributed by atoms with Crippen LogP contribution in [0.2, 0.25) is 0 Å². The number of carbonyl (C=O) groups excluding carboxylic acids is 1. The van der Waals surface area contributed by atoms with E-state index in [4.69, 9.17) is 5.73 Å². The van der Waals surface area contributed by atoms with Crippen molar-refractivity contribution in [3.8, 4) is 0 Å². The Morgan fingerprint density at radius 2 is 2.12 bits per heavy atom. The van der Waals surface area contributed by atoms with Crippen molar-refractivity contribution in [1.29, 1.82) is 0 Å². The highest BCUT2D eigenvalue weighted by molar-refractivity contribution is 5.86. The molecule has 1 amide bonds. The molecular formula is C13H17N3O. The average Bonchev–Trinajstić information content (AvgIpc) is 2.60. The second kappa shape index (κ2) is 4.59. The summed E-state index contributed by atoms with van der Waals surface area (Å²) in [5.74, 6) is -0.127. The molecule has 0 bridgehead atoms. The van der Waals surface area contributed by atoms with Gasteiger partial charge in [0.05, 0.1) is 6.54 Å². The van der Waals surface area contributed by atoms with E-state index in [1.807, 2.05) is 19.2 Å². The van der Waals surface area contributed by atoms with Crippen molar-refractivity contribution in [2.75, 3.05) is 6.54 Å². The van der Waals surface area contributed by atoms with Crippen molar-refractivity contribution in [2.45, 2.75) is 13.5 Å². The second-order valence-corrected chi connectivity index (χ2v) is 4.12. The topological polar surface area (TPSA) is 60.1 Å². The second-order valence-electron chi connectivity index (χ2n) is 4.12. The predicted molar refractivity (Wildman–Crippen MR) is 68.6 cm³/mol. The Balaban J connectivity index is 2.39. The van der Waals surface area contributed by atoms with Crippen molar-refractivity contribution in [2.24, 2.45) is 12.8 Å². The molecule has 2 rings (SSSR count). The fourth-order valence-electron chi connectivity index (χ4n) is 2.08. The molecule has 4 nitrogen and oxygen atoms in total. The minimum absolute atomic E-state index is 0.0316. The van der Waals surface area contributed by atoms with Crippen molar-refractivity contribution < 1.29 is 4.79 Å². The van der Waals surface area contributed by atoms with Gasteiger partial charge in [-0.1, -0.05) is 18.2 Å². The first-order valence-corrected chi connectivity index (χ1v) is 5.64.